The average molecular weight is 153 g/mol. The number of nitrogens with zero attached hydrogens (tertiary/aromatic N) is 2. The lowest BCUT2D eigenvalue weighted by molar-refractivity contribution is 0.693. The zero-order valence-corrected chi connectivity index (χ0v) is 6.72. The summed E-state index contributed by atoms with van der Waals surface area (Å²) in [5.74, 6) is 0. The Morgan fingerprint density at radius 1 is 1.64 bits per heavy atom. The maximum absolute atomic E-state index is 11.3. The van der Waals surface area contributed by atoms with Gasteiger partial charge in [-0.1, -0.05) is 6.92 Å². The van der Waals surface area contributed by atoms with Gasteiger partial charge in [-0.05, 0) is 12.8 Å². The van der Waals surface area contributed by atoms with E-state index in [4.69, 9.17) is 0 Å². The molecule has 1 aliphatic carbocycles. The monoisotopic (exact) mass is 153 g/mol. The first-order valence-electron chi connectivity index (χ1n) is 3.75. The van der Waals surface area contributed by atoms with Gasteiger partial charge in [0.15, 0.2) is 0 Å². The highest BCUT2D eigenvalue weighted by molar-refractivity contribution is 5.18. The fraction of sp³-hybridized carbons (Fsp3) is 0.714. The van der Waals surface area contributed by atoms with Crippen LogP contribution in [0.4, 0.5) is 0 Å². The predicted octanol–water partition coefficient (Wildman–Crippen LogP) is 0.160. The van der Waals surface area contributed by atoms with Crippen molar-refractivity contribution in [3.63, 3.8) is 0 Å². The number of aryl methyl sites for hydroxylation is 1. The molecule has 0 radical (unpaired) electrons. The Morgan fingerprint density at radius 2 is 2.27 bits per heavy atom. The third-order valence-corrected chi connectivity index (χ3v) is 2.39. The van der Waals surface area contributed by atoms with Gasteiger partial charge >= 0.3 is 0 Å². The predicted molar refractivity (Wildman–Crippen MR) is 40.4 cm³/mol. The van der Waals surface area contributed by atoms with E-state index in [9.17, 15) is 4.79 Å². The fourth-order valence-electron chi connectivity index (χ4n) is 1.19. The van der Waals surface area contributed by atoms with Gasteiger partial charge in [0.2, 0.25) is 0 Å². The summed E-state index contributed by atoms with van der Waals surface area (Å²) in [7, 11) is 1.69. The van der Waals surface area contributed by atoms with E-state index in [1.165, 1.54) is 4.68 Å². The molecule has 0 aromatic carbocycles. The number of hydrogen-bond donors (Lipinski definition) is 1. The first-order chi connectivity index (χ1) is 5.13. The molecule has 0 atom stereocenters. The molecule has 0 unspecified atom stereocenters. The molecule has 11 heavy (non-hydrogen) atoms. The number of nitrogens with one attached hydrogen (secondary N) is 1. The largest absolute Gasteiger partial charge is 0.290 e. The molecule has 1 N–H and O–H groups in total. The van der Waals surface area contributed by atoms with Crippen molar-refractivity contribution in [2.45, 2.75) is 25.2 Å². The molecule has 0 amide bonds. The summed E-state index contributed by atoms with van der Waals surface area (Å²) in [5.41, 5.74) is 0.791. The Kier molecular flexibility index (Phi) is 1.06. The van der Waals surface area contributed by atoms with E-state index in [1.807, 2.05) is 0 Å². The van der Waals surface area contributed by atoms with Gasteiger partial charge in [0.05, 0.1) is 0 Å². The van der Waals surface area contributed by atoms with E-state index in [2.05, 4.69) is 17.2 Å². The molecule has 4 heteroatoms. The molecule has 60 valence electrons. The molecule has 4 nitrogen and oxygen atoms in total. The summed E-state index contributed by atoms with van der Waals surface area (Å²) in [4.78, 5) is 11.3. The normalized spacial score (nSPS) is 20.2. The molecule has 1 aliphatic rings. The standard InChI is InChI=1S/C7H11N3O/c1-7(3-4-7)5-6(11)10(2)9-8-5/h9H,3-4H2,1-2H3. The van der Waals surface area contributed by atoms with Gasteiger partial charge in [-0.15, -0.1) is 0 Å². The molecule has 1 aromatic heterocycles. The summed E-state index contributed by atoms with van der Waals surface area (Å²) in [6.45, 7) is 2.07. The van der Waals surface area contributed by atoms with Crippen LogP contribution in [0.2, 0.25) is 0 Å². The van der Waals surface area contributed by atoms with Crippen molar-refractivity contribution in [3.05, 3.63) is 16.0 Å². The van der Waals surface area contributed by atoms with Gasteiger partial charge in [-0.2, -0.15) is 5.10 Å². The van der Waals surface area contributed by atoms with Crippen LogP contribution in [0, 0.1) is 0 Å². The fourth-order valence-corrected chi connectivity index (χ4v) is 1.19. The molecule has 0 saturated heterocycles. The first kappa shape index (κ1) is 6.64. The van der Waals surface area contributed by atoms with Crippen molar-refractivity contribution >= 4 is 0 Å². The van der Waals surface area contributed by atoms with Crippen LogP contribution in [0.3, 0.4) is 0 Å². The van der Waals surface area contributed by atoms with Gasteiger partial charge in [-0.25, -0.2) is 9.90 Å². The van der Waals surface area contributed by atoms with Crippen molar-refractivity contribution in [2.75, 3.05) is 0 Å². The van der Waals surface area contributed by atoms with Crippen molar-refractivity contribution in [1.29, 1.82) is 0 Å². The lowest BCUT2D eigenvalue weighted by atomic mass is 10.1. The van der Waals surface area contributed by atoms with E-state index in [-0.39, 0.29) is 11.0 Å². The Morgan fingerprint density at radius 3 is 2.64 bits per heavy atom. The lowest BCUT2D eigenvalue weighted by Crippen LogP contribution is -2.19. The summed E-state index contributed by atoms with van der Waals surface area (Å²) in [6.07, 6.45) is 2.18. The molecular weight excluding hydrogens is 142 g/mol. The number of aromatic amines is 1. The Labute approximate surface area is 64.2 Å². The SMILES string of the molecule is Cn1[nH]nc(C2(C)CC2)c1=O. The summed E-state index contributed by atoms with van der Waals surface area (Å²) in [6, 6.07) is 0. The zero-order chi connectivity index (χ0) is 8.06. The second-order valence-corrected chi connectivity index (χ2v) is 3.49. The van der Waals surface area contributed by atoms with Gasteiger partial charge in [0.25, 0.3) is 5.56 Å². The number of rotatable bonds is 1. The highest BCUT2D eigenvalue weighted by atomic mass is 16.1. The van der Waals surface area contributed by atoms with Crippen LogP contribution in [0.25, 0.3) is 0 Å². The Hall–Kier alpha value is -1.06. The van der Waals surface area contributed by atoms with E-state index in [0.717, 1.165) is 12.8 Å². The van der Waals surface area contributed by atoms with Gasteiger partial charge in [0, 0.05) is 12.5 Å². The second-order valence-electron chi connectivity index (χ2n) is 3.49. The van der Waals surface area contributed by atoms with Gasteiger partial charge in [0.1, 0.15) is 5.69 Å². The van der Waals surface area contributed by atoms with Crippen LogP contribution in [0.15, 0.2) is 4.79 Å². The minimum Gasteiger partial charge on any atom is -0.266 e. The molecule has 0 bridgehead atoms. The van der Waals surface area contributed by atoms with Crippen LogP contribution in [-0.2, 0) is 12.5 Å². The number of aromatic nitrogens is 3. The summed E-state index contributed by atoms with van der Waals surface area (Å²) >= 11 is 0. The number of H-pyrrole nitrogens is 1. The molecule has 1 aromatic rings. The molecule has 0 aliphatic heterocycles. The highest BCUT2D eigenvalue weighted by Gasteiger charge is 2.43. The minimum atomic E-state index is 0.0185. The molecule has 1 heterocycles. The van der Waals surface area contributed by atoms with Crippen LogP contribution < -0.4 is 5.56 Å². The number of hydrogen-bond acceptors (Lipinski definition) is 2. The summed E-state index contributed by atoms with van der Waals surface area (Å²) < 4.78 is 1.42. The second kappa shape index (κ2) is 1.75. The lowest BCUT2D eigenvalue weighted by Gasteiger charge is -1.97. The molecule has 2 rings (SSSR count). The van der Waals surface area contributed by atoms with Crippen LogP contribution in [0.5, 0.6) is 0 Å². The molecule has 0 spiro atoms. The quantitative estimate of drug-likeness (QED) is 0.624. The molecule has 1 saturated carbocycles. The van der Waals surface area contributed by atoms with Crippen molar-refractivity contribution in [1.82, 2.24) is 15.0 Å². The zero-order valence-electron chi connectivity index (χ0n) is 6.72. The highest BCUT2D eigenvalue weighted by Crippen LogP contribution is 2.44. The van der Waals surface area contributed by atoms with Crippen molar-refractivity contribution < 1.29 is 0 Å². The van der Waals surface area contributed by atoms with E-state index >= 15 is 0 Å². The summed E-state index contributed by atoms with van der Waals surface area (Å²) in [5, 5.41) is 6.61. The Bertz CT molecular complexity index is 332. The minimum absolute atomic E-state index is 0.0185. The van der Waals surface area contributed by atoms with Gasteiger partial charge in [-0.3, -0.25) is 4.79 Å². The third kappa shape index (κ3) is 0.818. The maximum Gasteiger partial charge on any atom is 0.290 e. The topological polar surface area (TPSA) is 50.7 Å². The molecule has 1 fully saturated rings. The van der Waals surface area contributed by atoms with Gasteiger partial charge < -0.3 is 0 Å². The van der Waals surface area contributed by atoms with Crippen LogP contribution >= 0.6 is 0 Å². The third-order valence-electron chi connectivity index (χ3n) is 2.39. The average Bonchev–Trinajstić information content (AvgIpc) is 2.60. The van der Waals surface area contributed by atoms with E-state index in [0.29, 0.717) is 5.69 Å². The molecular formula is C7H11N3O. The van der Waals surface area contributed by atoms with Crippen molar-refractivity contribution in [2.24, 2.45) is 7.05 Å². The maximum atomic E-state index is 11.3. The van der Waals surface area contributed by atoms with Crippen LogP contribution in [-0.4, -0.2) is 15.0 Å². The Balaban J connectivity index is 2.54. The first-order valence-corrected chi connectivity index (χ1v) is 3.75. The van der Waals surface area contributed by atoms with Crippen molar-refractivity contribution in [3.8, 4) is 0 Å². The smallest absolute Gasteiger partial charge is 0.266 e. The van der Waals surface area contributed by atoms with E-state index in [1.54, 1.807) is 7.05 Å². The van der Waals surface area contributed by atoms with Crippen LogP contribution in [0.1, 0.15) is 25.5 Å². The van der Waals surface area contributed by atoms with E-state index < -0.39 is 0 Å².